The number of carbonyl (C=O) groups is 4. The molecule has 0 aromatic carbocycles. The molecule has 0 aromatic heterocycles. The zero-order valence-electron chi connectivity index (χ0n) is 8.83. The van der Waals surface area contributed by atoms with E-state index in [4.69, 9.17) is 0 Å². The minimum Gasteiger partial charge on any atom is -0.347 e. The van der Waals surface area contributed by atoms with Crippen LogP contribution in [0, 0.1) is 0 Å². The Morgan fingerprint density at radius 1 is 1.44 bits per heavy atom. The van der Waals surface area contributed by atoms with E-state index in [9.17, 15) is 19.2 Å². The van der Waals surface area contributed by atoms with E-state index in [2.05, 4.69) is 16.0 Å². The van der Waals surface area contributed by atoms with Gasteiger partial charge in [-0.1, -0.05) is 0 Å². The van der Waals surface area contributed by atoms with Gasteiger partial charge in [0, 0.05) is 13.3 Å². The second-order valence-corrected chi connectivity index (χ2v) is 3.48. The van der Waals surface area contributed by atoms with Gasteiger partial charge in [0.1, 0.15) is 6.04 Å². The van der Waals surface area contributed by atoms with E-state index in [-0.39, 0.29) is 31.2 Å². The van der Waals surface area contributed by atoms with Crippen molar-refractivity contribution in [3.05, 3.63) is 0 Å². The van der Waals surface area contributed by atoms with Gasteiger partial charge in [0.05, 0.1) is 6.54 Å². The number of amides is 4. The van der Waals surface area contributed by atoms with Crippen LogP contribution in [0.3, 0.4) is 0 Å². The Kier molecular flexibility index (Phi) is 3.98. The highest BCUT2D eigenvalue weighted by atomic mass is 16.2. The zero-order valence-corrected chi connectivity index (χ0v) is 8.83. The van der Waals surface area contributed by atoms with E-state index in [1.807, 2.05) is 0 Å². The van der Waals surface area contributed by atoms with Crippen LogP contribution in [0.15, 0.2) is 0 Å². The molecule has 0 saturated carbocycles. The van der Waals surface area contributed by atoms with Gasteiger partial charge in [-0.05, 0) is 6.42 Å². The first-order chi connectivity index (χ1) is 7.49. The molecule has 0 aliphatic carbocycles. The van der Waals surface area contributed by atoms with E-state index < -0.39 is 17.9 Å². The first kappa shape index (κ1) is 12.2. The van der Waals surface area contributed by atoms with Crippen molar-refractivity contribution in [3.8, 4) is 0 Å². The molecule has 0 spiro atoms. The van der Waals surface area contributed by atoms with Crippen molar-refractivity contribution in [1.29, 1.82) is 0 Å². The van der Waals surface area contributed by atoms with Crippen LogP contribution in [0.2, 0.25) is 0 Å². The summed E-state index contributed by atoms with van der Waals surface area (Å²) < 4.78 is 0. The van der Waals surface area contributed by atoms with Gasteiger partial charge in [-0.25, -0.2) is 0 Å². The molecule has 0 radical (unpaired) electrons. The number of hydrogen-bond acceptors (Lipinski definition) is 4. The van der Waals surface area contributed by atoms with Crippen molar-refractivity contribution in [2.75, 3.05) is 6.54 Å². The van der Waals surface area contributed by atoms with E-state index in [0.29, 0.717) is 0 Å². The standard InChI is InChI=1S/C9H13N3O4/c1-5(13)10-4-8(15)11-6-2-3-7(14)12-9(6)16/h6H,2-4H2,1H3,(H,10,13)(H,11,15)(H,12,14,16). The van der Waals surface area contributed by atoms with Crippen molar-refractivity contribution >= 4 is 23.6 Å². The summed E-state index contributed by atoms with van der Waals surface area (Å²) in [5.74, 6) is -1.62. The maximum atomic E-state index is 11.3. The largest absolute Gasteiger partial charge is 0.347 e. The molecular weight excluding hydrogens is 214 g/mol. The number of carbonyl (C=O) groups excluding carboxylic acids is 4. The van der Waals surface area contributed by atoms with Gasteiger partial charge in [-0.3, -0.25) is 24.5 Å². The van der Waals surface area contributed by atoms with Gasteiger partial charge < -0.3 is 10.6 Å². The summed E-state index contributed by atoms with van der Waals surface area (Å²) in [6.45, 7) is 1.12. The lowest BCUT2D eigenvalue weighted by Crippen LogP contribution is -2.53. The first-order valence-corrected chi connectivity index (χ1v) is 4.86. The molecule has 88 valence electrons. The summed E-state index contributed by atoms with van der Waals surface area (Å²) in [5.41, 5.74) is 0. The average molecular weight is 227 g/mol. The molecule has 0 aromatic rings. The fourth-order valence-corrected chi connectivity index (χ4v) is 1.28. The third-order valence-electron chi connectivity index (χ3n) is 2.07. The zero-order chi connectivity index (χ0) is 12.1. The maximum absolute atomic E-state index is 11.3. The summed E-state index contributed by atoms with van der Waals surface area (Å²) in [6.07, 6.45) is 0.493. The van der Waals surface area contributed by atoms with Gasteiger partial charge in [-0.15, -0.1) is 0 Å². The Labute approximate surface area is 91.9 Å². The topological polar surface area (TPSA) is 104 Å². The van der Waals surface area contributed by atoms with Gasteiger partial charge in [-0.2, -0.15) is 0 Å². The van der Waals surface area contributed by atoms with E-state index in [1.165, 1.54) is 6.92 Å². The number of rotatable bonds is 3. The Morgan fingerprint density at radius 3 is 2.69 bits per heavy atom. The summed E-state index contributed by atoms with van der Waals surface area (Å²) in [4.78, 5) is 43.8. The van der Waals surface area contributed by atoms with Crippen molar-refractivity contribution in [1.82, 2.24) is 16.0 Å². The second-order valence-electron chi connectivity index (χ2n) is 3.48. The molecule has 1 saturated heterocycles. The molecule has 1 fully saturated rings. The summed E-state index contributed by atoms with van der Waals surface area (Å²) in [5, 5.41) is 6.86. The van der Waals surface area contributed by atoms with Gasteiger partial charge in [0.25, 0.3) is 0 Å². The Bertz CT molecular complexity index is 340. The first-order valence-electron chi connectivity index (χ1n) is 4.86. The number of imide groups is 1. The Hall–Kier alpha value is -1.92. The van der Waals surface area contributed by atoms with E-state index in [1.54, 1.807) is 0 Å². The van der Waals surface area contributed by atoms with E-state index >= 15 is 0 Å². The van der Waals surface area contributed by atoms with Crippen LogP contribution in [-0.2, 0) is 19.2 Å². The fourth-order valence-electron chi connectivity index (χ4n) is 1.28. The minimum absolute atomic E-state index is 0.174. The van der Waals surface area contributed by atoms with Gasteiger partial charge in [0.2, 0.25) is 23.6 Å². The molecular formula is C9H13N3O4. The molecule has 16 heavy (non-hydrogen) atoms. The minimum atomic E-state index is -0.695. The molecule has 3 N–H and O–H groups in total. The smallest absolute Gasteiger partial charge is 0.249 e. The predicted molar refractivity (Wildman–Crippen MR) is 53.0 cm³/mol. The van der Waals surface area contributed by atoms with Crippen molar-refractivity contribution in [3.63, 3.8) is 0 Å². The van der Waals surface area contributed by atoms with Crippen molar-refractivity contribution < 1.29 is 19.2 Å². The SMILES string of the molecule is CC(=O)NCC(=O)NC1CCC(=O)NC1=O. The van der Waals surface area contributed by atoms with Gasteiger partial charge in [0.15, 0.2) is 0 Å². The van der Waals surface area contributed by atoms with Crippen LogP contribution in [0.5, 0.6) is 0 Å². The number of nitrogens with one attached hydrogen (secondary N) is 3. The highest BCUT2D eigenvalue weighted by Crippen LogP contribution is 2.03. The van der Waals surface area contributed by atoms with Gasteiger partial charge >= 0.3 is 0 Å². The number of piperidine rings is 1. The van der Waals surface area contributed by atoms with Crippen LogP contribution >= 0.6 is 0 Å². The summed E-state index contributed by atoms with van der Waals surface area (Å²) in [6, 6.07) is -0.695. The fraction of sp³-hybridized carbons (Fsp3) is 0.556. The summed E-state index contributed by atoms with van der Waals surface area (Å²) >= 11 is 0. The third-order valence-corrected chi connectivity index (χ3v) is 2.07. The number of hydrogen-bond donors (Lipinski definition) is 3. The molecule has 1 unspecified atom stereocenters. The quantitative estimate of drug-likeness (QED) is 0.487. The van der Waals surface area contributed by atoms with Crippen LogP contribution in [-0.4, -0.2) is 36.2 Å². The van der Waals surface area contributed by atoms with Crippen molar-refractivity contribution in [2.45, 2.75) is 25.8 Å². The lowest BCUT2D eigenvalue weighted by Gasteiger charge is -2.21. The highest BCUT2D eigenvalue weighted by molar-refractivity contribution is 6.01. The predicted octanol–water partition coefficient (Wildman–Crippen LogP) is -1.96. The average Bonchev–Trinajstić information content (AvgIpc) is 2.19. The molecule has 1 heterocycles. The molecule has 7 heteroatoms. The van der Waals surface area contributed by atoms with Crippen LogP contribution < -0.4 is 16.0 Å². The normalized spacial score (nSPS) is 19.9. The molecule has 1 atom stereocenters. The monoisotopic (exact) mass is 227 g/mol. The van der Waals surface area contributed by atoms with Crippen LogP contribution in [0.1, 0.15) is 19.8 Å². The Morgan fingerprint density at radius 2 is 2.12 bits per heavy atom. The van der Waals surface area contributed by atoms with Crippen LogP contribution in [0.25, 0.3) is 0 Å². The molecule has 1 rings (SSSR count). The molecule has 7 nitrogen and oxygen atoms in total. The maximum Gasteiger partial charge on any atom is 0.249 e. The lowest BCUT2D eigenvalue weighted by molar-refractivity contribution is -0.137. The van der Waals surface area contributed by atoms with Crippen LogP contribution in [0.4, 0.5) is 0 Å². The molecule has 1 aliphatic rings. The van der Waals surface area contributed by atoms with Crippen molar-refractivity contribution in [2.24, 2.45) is 0 Å². The lowest BCUT2D eigenvalue weighted by atomic mass is 10.1. The highest BCUT2D eigenvalue weighted by Gasteiger charge is 2.27. The summed E-state index contributed by atoms with van der Waals surface area (Å²) in [7, 11) is 0. The molecule has 1 aliphatic heterocycles. The van der Waals surface area contributed by atoms with E-state index in [0.717, 1.165) is 0 Å². The second kappa shape index (κ2) is 5.24. The molecule has 4 amide bonds. The molecule has 0 bridgehead atoms. The third kappa shape index (κ3) is 3.68. The Balaban J connectivity index is 2.36.